The molecule has 1 heterocycles. The van der Waals surface area contributed by atoms with Crippen LogP contribution >= 0.6 is 23.4 Å². The van der Waals surface area contributed by atoms with E-state index in [1.807, 2.05) is 6.92 Å². The average molecular weight is 449 g/mol. The van der Waals surface area contributed by atoms with Crippen LogP contribution in [0.4, 0.5) is 4.39 Å². The van der Waals surface area contributed by atoms with Crippen LogP contribution in [-0.2, 0) is 16.2 Å². The van der Waals surface area contributed by atoms with Crippen molar-refractivity contribution in [1.29, 1.82) is 0 Å². The van der Waals surface area contributed by atoms with E-state index in [-0.39, 0.29) is 34.3 Å². The standard InChI is InChI=1S/C21H18ClFN2O4S/c1-3-28-17-9-13(10-18-20(27)25-21(30-18)24-12(2)26)8-15(22)19(17)29-11-14-6-4-5-7-16(14)23/h4-10H,3,11H2,1-2H3,(H,24,25,26,27)/b18-10-. The number of rotatable bonds is 6. The van der Waals surface area contributed by atoms with E-state index in [1.165, 1.54) is 13.0 Å². The second-order valence-electron chi connectivity index (χ2n) is 6.16. The van der Waals surface area contributed by atoms with Crippen molar-refractivity contribution in [3.8, 4) is 11.5 Å². The van der Waals surface area contributed by atoms with Gasteiger partial charge >= 0.3 is 0 Å². The number of ether oxygens (including phenoxy) is 2. The molecular weight excluding hydrogens is 431 g/mol. The van der Waals surface area contributed by atoms with Gasteiger partial charge in [-0.05, 0) is 48.5 Å². The number of amidine groups is 1. The van der Waals surface area contributed by atoms with E-state index < -0.39 is 5.91 Å². The highest BCUT2D eigenvalue weighted by molar-refractivity contribution is 8.18. The maximum absolute atomic E-state index is 13.9. The number of carbonyl (C=O) groups excluding carboxylic acids is 2. The topological polar surface area (TPSA) is 77.0 Å². The van der Waals surface area contributed by atoms with Crippen molar-refractivity contribution in [3.63, 3.8) is 0 Å². The maximum Gasteiger partial charge on any atom is 0.286 e. The van der Waals surface area contributed by atoms with Crippen LogP contribution < -0.4 is 14.8 Å². The van der Waals surface area contributed by atoms with Gasteiger partial charge in [-0.1, -0.05) is 29.8 Å². The average Bonchev–Trinajstić information content (AvgIpc) is 3.00. The normalized spacial score (nSPS) is 14.6. The summed E-state index contributed by atoms with van der Waals surface area (Å²) in [5.41, 5.74) is 0.981. The van der Waals surface area contributed by atoms with Crippen LogP contribution in [-0.4, -0.2) is 23.6 Å². The minimum Gasteiger partial charge on any atom is -0.490 e. The zero-order chi connectivity index (χ0) is 21.7. The Labute approximate surface area is 182 Å². The zero-order valence-electron chi connectivity index (χ0n) is 16.2. The Morgan fingerprint density at radius 2 is 2.07 bits per heavy atom. The monoisotopic (exact) mass is 448 g/mol. The molecule has 2 aromatic carbocycles. The van der Waals surface area contributed by atoms with E-state index in [4.69, 9.17) is 21.1 Å². The molecule has 2 aromatic rings. The third-order valence-electron chi connectivity index (χ3n) is 3.86. The summed E-state index contributed by atoms with van der Waals surface area (Å²) in [7, 11) is 0. The van der Waals surface area contributed by atoms with Crippen molar-refractivity contribution < 1.29 is 23.5 Å². The van der Waals surface area contributed by atoms with E-state index in [2.05, 4.69) is 10.3 Å². The number of amides is 2. The van der Waals surface area contributed by atoms with Crippen LogP contribution in [0.3, 0.4) is 0 Å². The molecule has 0 saturated carbocycles. The van der Waals surface area contributed by atoms with Crippen LogP contribution in [0.5, 0.6) is 11.5 Å². The summed E-state index contributed by atoms with van der Waals surface area (Å²) in [5, 5.41) is 2.96. The van der Waals surface area contributed by atoms with Crippen LogP contribution in [0.15, 0.2) is 46.3 Å². The summed E-state index contributed by atoms with van der Waals surface area (Å²) in [6, 6.07) is 9.57. The van der Waals surface area contributed by atoms with Crippen molar-refractivity contribution in [1.82, 2.24) is 5.32 Å². The molecule has 156 valence electrons. The highest BCUT2D eigenvalue weighted by Crippen LogP contribution is 2.39. The molecule has 1 aliphatic rings. The minimum atomic E-state index is -0.460. The first-order chi connectivity index (χ1) is 14.4. The summed E-state index contributed by atoms with van der Waals surface area (Å²) in [4.78, 5) is 27.3. The number of carbonyl (C=O) groups is 2. The van der Waals surface area contributed by atoms with Gasteiger partial charge in [0.1, 0.15) is 12.4 Å². The Kier molecular flexibility index (Phi) is 7.12. The lowest BCUT2D eigenvalue weighted by molar-refractivity contribution is -0.117. The van der Waals surface area contributed by atoms with Crippen molar-refractivity contribution in [3.05, 3.63) is 63.3 Å². The summed E-state index contributed by atoms with van der Waals surface area (Å²) < 4.78 is 25.2. The first-order valence-corrected chi connectivity index (χ1v) is 10.2. The summed E-state index contributed by atoms with van der Waals surface area (Å²) in [5.74, 6) is -0.498. The summed E-state index contributed by atoms with van der Waals surface area (Å²) >= 11 is 7.44. The number of hydrogen-bond donors (Lipinski definition) is 1. The van der Waals surface area contributed by atoms with Gasteiger partial charge in [0.05, 0.1) is 16.5 Å². The number of benzene rings is 2. The number of aliphatic imine (C=N–C) groups is 1. The minimum absolute atomic E-state index is 0.0187. The molecule has 1 N–H and O–H groups in total. The lowest BCUT2D eigenvalue weighted by atomic mass is 10.1. The van der Waals surface area contributed by atoms with Gasteiger partial charge in [-0.3, -0.25) is 9.59 Å². The largest absolute Gasteiger partial charge is 0.490 e. The smallest absolute Gasteiger partial charge is 0.286 e. The molecule has 0 aliphatic carbocycles. The molecule has 0 saturated heterocycles. The van der Waals surface area contributed by atoms with E-state index in [9.17, 15) is 14.0 Å². The number of nitrogens with one attached hydrogen (secondary N) is 1. The molecule has 30 heavy (non-hydrogen) atoms. The molecule has 3 rings (SSSR count). The predicted molar refractivity (Wildman–Crippen MR) is 115 cm³/mol. The molecule has 9 heteroatoms. The predicted octanol–water partition coefficient (Wildman–Crippen LogP) is 4.56. The van der Waals surface area contributed by atoms with Gasteiger partial charge in [0.15, 0.2) is 16.7 Å². The third kappa shape index (κ3) is 5.40. The van der Waals surface area contributed by atoms with Gasteiger partial charge in [-0.25, -0.2) is 4.39 Å². The fourth-order valence-corrected chi connectivity index (χ4v) is 3.74. The van der Waals surface area contributed by atoms with Crippen molar-refractivity contribution in [2.24, 2.45) is 4.99 Å². The Morgan fingerprint density at radius 1 is 1.30 bits per heavy atom. The zero-order valence-corrected chi connectivity index (χ0v) is 17.8. The van der Waals surface area contributed by atoms with Gasteiger partial charge in [0.25, 0.3) is 5.91 Å². The van der Waals surface area contributed by atoms with Gasteiger partial charge in [-0.2, -0.15) is 4.99 Å². The van der Waals surface area contributed by atoms with E-state index >= 15 is 0 Å². The second kappa shape index (κ2) is 9.77. The molecule has 0 atom stereocenters. The lowest BCUT2D eigenvalue weighted by Gasteiger charge is -2.15. The molecule has 6 nitrogen and oxygen atoms in total. The summed E-state index contributed by atoms with van der Waals surface area (Å²) in [6.45, 7) is 3.48. The fourth-order valence-electron chi connectivity index (χ4n) is 2.60. The van der Waals surface area contributed by atoms with Crippen molar-refractivity contribution >= 4 is 46.4 Å². The molecule has 0 spiro atoms. The number of nitrogens with zero attached hydrogens (tertiary/aromatic N) is 1. The number of thioether (sulfide) groups is 1. The quantitative estimate of drug-likeness (QED) is 0.655. The lowest BCUT2D eigenvalue weighted by Crippen LogP contribution is -2.23. The Morgan fingerprint density at radius 3 is 2.77 bits per heavy atom. The van der Waals surface area contributed by atoms with Crippen molar-refractivity contribution in [2.45, 2.75) is 20.5 Å². The first kappa shape index (κ1) is 21.9. The van der Waals surface area contributed by atoms with Gasteiger partial charge in [0, 0.05) is 12.5 Å². The maximum atomic E-state index is 13.9. The SMILES string of the molecule is CCOc1cc(/C=C2\SC(NC(C)=O)=NC2=O)cc(Cl)c1OCc1ccccc1F. The Bertz CT molecular complexity index is 1060. The van der Waals surface area contributed by atoms with Crippen molar-refractivity contribution in [2.75, 3.05) is 6.61 Å². The first-order valence-electron chi connectivity index (χ1n) is 9.00. The van der Waals surface area contributed by atoms with Crippen LogP contribution in [0.2, 0.25) is 5.02 Å². The van der Waals surface area contributed by atoms with Gasteiger partial charge in [-0.15, -0.1) is 0 Å². The Balaban J connectivity index is 1.84. The van der Waals surface area contributed by atoms with Gasteiger partial charge in [0.2, 0.25) is 5.91 Å². The second-order valence-corrected chi connectivity index (χ2v) is 7.59. The number of halogens is 2. The van der Waals surface area contributed by atoms with E-state index in [0.717, 1.165) is 11.8 Å². The number of hydrogen-bond acceptors (Lipinski definition) is 5. The molecule has 0 bridgehead atoms. The van der Waals surface area contributed by atoms with E-state index in [0.29, 0.717) is 28.4 Å². The molecule has 0 fully saturated rings. The molecule has 0 radical (unpaired) electrons. The highest BCUT2D eigenvalue weighted by Gasteiger charge is 2.23. The fraction of sp³-hybridized carbons (Fsp3) is 0.190. The molecule has 2 amide bonds. The molecular formula is C21H18ClFN2O4S. The van der Waals surface area contributed by atoms with Crippen LogP contribution in [0.25, 0.3) is 6.08 Å². The van der Waals surface area contributed by atoms with Gasteiger partial charge < -0.3 is 14.8 Å². The Hall–Kier alpha value is -2.84. The van der Waals surface area contributed by atoms with E-state index in [1.54, 1.807) is 36.4 Å². The molecule has 0 unspecified atom stereocenters. The molecule has 0 aromatic heterocycles. The molecule has 1 aliphatic heterocycles. The third-order valence-corrected chi connectivity index (χ3v) is 5.04. The van der Waals surface area contributed by atoms with Crippen LogP contribution in [0.1, 0.15) is 25.0 Å². The summed E-state index contributed by atoms with van der Waals surface area (Å²) in [6.07, 6.45) is 1.60. The highest BCUT2D eigenvalue weighted by atomic mass is 35.5. The van der Waals surface area contributed by atoms with Crippen LogP contribution in [0, 0.1) is 5.82 Å².